The molecule has 0 radical (unpaired) electrons. The summed E-state index contributed by atoms with van der Waals surface area (Å²) in [7, 11) is 1.19. The highest BCUT2D eigenvalue weighted by molar-refractivity contribution is 5.78. The summed E-state index contributed by atoms with van der Waals surface area (Å²) >= 11 is 0. The SMILES string of the molecule is COC(=O)[C@]1(O)OC(COCc2ccccc2)[C@@H](OCc2ccccc2)C(OCc2ccccc2)C1OCc1ccccc1. The van der Waals surface area contributed by atoms with E-state index in [4.69, 9.17) is 28.4 Å². The molecule has 44 heavy (non-hydrogen) atoms. The van der Waals surface area contributed by atoms with E-state index in [0.29, 0.717) is 6.61 Å². The monoisotopic (exact) mass is 598 g/mol. The Morgan fingerprint density at radius 2 is 1.05 bits per heavy atom. The van der Waals surface area contributed by atoms with Gasteiger partial charge >= 0.3 is 5.97 Å². The lowest BCUT2D eigenvalue weighted by Crippen LogP contribution is -2.70. The molecule has 4 aromatic carbocycles. The van der Waals surface area contributed by atoms with Gasteiger partial charge in [0.25, 0.3) is 5.79 Å². The van der Waals surface area contributed by atoms with Crippen LogP contribution in [0.2, 0.25) is 0 Å². The van der Waals surface area contributed by atoms with Crippen molar-refractivity contribution in [1.82, 2.24) is 0 Å². The van der Waals surface area contributed by atoms with Crippen molar-refractivity contribution in [3.8, 4) is 0 Å². The summed E-state index contributed by atoms with van der Waals surface area (Å²) in [4.78, 5) is 13.2. The van der Waals surface area contributed by atoms with Gasteiger partial charge in [0.15, 0.2) is 6.10 Å². The van der Waals surface area contributed by atoms with E-state index in [1.807, 2.05) is 121 Å². The number of hydrogen-bond donors (Lipinski definition) is 1. The Labute approximate surface area is 258 Å². The van der Waals surface area contributed by atoms with Gasteiger partial charge in [0.05, 0.1) is 40.1 Å². The number of esters is 1. The van der Waals surface area contributed by atoms with Crippen molar-refractivity contribution in [2.45, 2.75) is 56.6 Å². The van der Waals surface area contributed by atoms with E-state index >= 15 is 0 Å². The average molecular weight is 599 g/mol. The third-order valence-corrected chi connectivity index (χ3v) is 7.42. The summed E-state index contributed by atoms with van der Waals surface area (Å²) in [5.41, 5.74) is 3.65. The number of carbonyl (C=O) groups is 1. The van der Waals surface area contributed by atoms with E-state index < -0.39 is 36.2 Å². The maximum absolute atomic E-state index is 13.2. The van der Waals surface area contributed by atoms with Gasteiger partial charge in [0.1, 0.15) is 18.3 Å². The van der Waals surface area contributed by atoms with Crippen LogP contribution in [-0.2, 0) is 59.6 Å². The van der Waals surface area contributed by atoms with Gasteiger partial charge in [0, 0.05) is 0 Å². The Balaban J connectivity index is 1.47. The van der Waals surface area contributed by atoms with Crippen molar-refractivity contribution in [3.05, 3.63) is 144 Å². The highest BCUT2D eigenvalue weighted by Crippen LogP contribution is 2.36. The Morgan fingerprint density at radius 1 is 0.636 bits per heavy atom. The van der Waals surface area contributed by atoms with Crippen molar-refractivity contribution >= 4 is 5.97 Å². The predicted molar refractivity (Wildman–Crippen MR) is 163 cm³/mol. The first-order chi connectivity index (χ1) is 21.6. The van der Waals surface area contributed by atoms with Gasteiger partial charge in [-0.1, -0.05) is 121 Å². The van der Waals surface area contributed by atoms with E-state index in [9.17, 15) is 9.90 Å². The fourth-order valence-electron chi connectivity index (χ4n) is 5.16. The molecule has 1 saturated heterocycles. The van der Waals surface area contributed by atoms with E-state index in [-0.39, 0.29) is 26.4 Å². The molecule has 1 N–H and O–H groups in total. The van der Waals surface area contributed by atoms with Gasteiger partial charge in [-0.3, -0.25) is 0 Å². The van der Waals surface area contributed by atoms with E-state index in [1.165, 1.54) is 7.11 Å². The second-order valence-corrected chi connectivity index (χ2v) is 10.6. The van der Waals surface area contributed by atoms with E-state index in [0.717, 1.165) is 22.3 Å². The summed E-state index contributed by atoms with van der Waals surface area (Å²) < 4.78 is 36.6. The minimum absolute atomic E-state index is 0.00422. The number of ether oxygens (including phenoxy) is 6. The van der Waals surface area contributed by atoms with Crippen LogP contribution in [-0.4, -0.2) is 55.0 Å². The van der Waals surface area contributed by atoms with Gasteiger partial charge in [0.2, 0.25) is 0 Å². The van der Waals surface area contributed by atoms with Gasteiger partial charge < -0.3 is 33.5 Å². The first-order valence-electron chi connectivity index (χ1n) is 14.6. The average Bonchev–Trinajstić information content (AvgIpc) is 3.08. The molecule has 0 spiro atoms. The number of aliphatic hydroxyl groups is 1. The highest BCUT2D eigenvalue weighted by Gasteiger charge is 2.61. The van der Waals surface area contributed by atoms with Crippen molar-refractivity contribution in [3.63, 3.8) is 0 Å². The lowest BCUT2D eigenvalue weighted by atomic mass is 9.91. The lowest BCUT2D eigenvalue weighted by molar-refractivity contribution is -0.360. The molecule has 0 saturated carbocycles. The molecular weight excluding hydrogens is 560 g/mol. The molecule has 3 unspecified atom stereocenters. The smallest absolute Gasteiger partial charge is 0.369 e. The normalized spacial score (nSPS) is 23.2. The first kappa shape index (κ1) is 31.5. The van der Waals surface area contributed by atoms with Crippen LogP contribution < -0.4 is 0 Å². The topological polar surface area (TPSA) is 92.7 Å². The number of benzene rings is 4. The molecule has 1 heterocycles. The molecule has 0 amide bonds. The summed E-state index contributed by atoms with van der Waals surface area (Å²) in [6.07, 6.45) is -3.96. The Bertz CT molecular complexity index is 1400. The van der Waals surface area contributed by atoms with Crippen LogP contribution >= 0.6 is 0 Å². The molecule has 8 heteroatoms. The second-order valence-electron chi connectivity index (χ2n) is 10.6. The standard InChI is InChI=1S/C36H38O8/c1-39-35(37)36(38)34(43-25-30-20-12-5-13-21-30)33(42-24-29-18-10-4-11-19-29)32(41-23-28-16-8-3-9-17-28)31(44-36)26-40-22-27-14-6-2-7-15-27/h2-21,31-34,38H,22-26H2,1H3/t31?,32-,33?,34?,36-/m1/s1. The maximum Gasteiger partial charge on any atom is 0.369 e. The van der Waals surface area contributed by atoms with Crippen LogP contribution in [0.4, 0.5) is 0 Å². The Morgan fingerprint density at radius 3 is 1.50 bits per heavy atom. The van der Waals surface area contributed by atoms with Crippen molar-refractivity contribution in [2.24, 2.45) is 0 Å². The molecule has 8 nitrogen and oxygen atoms in total. The molecule has 0 aliphatic carbocycles. The lowest BCUT2D eigenvalue weighted by Gasteiger charge is -2.48. The van der Waals surface area contributed by atoms with Gasteiger partial charge in [-0.15, -0.1) is 0 Å². The zero-order chi connectivity index (χ0) is 30.6. The second kappa shape index (κ2) is 15.7. The van der Waals surface area contributed by atoms with Crippen LogP contribution in [0.5, 0.6) is 0 Å². The van der Waals surface area contributed by atoms with Gasteiger partial charge in [-0.05, 0) is 22.3 Å². The van der Waals surface area contributed by atoms with Crippen LogP contribution in [0.3, 0.4) is 0 Å². The Kier molecular flexibility index (Phi) is 11.3. The van der Waals surface area contributed by atoms with Crippen LogP contribution in [0.1, 0.15) is 22.3 Å². The van der Waals surface area contributed by atoms with Crippen molar-refractivity contribution < 1.29 is 38.3 Å². The predicted octanol–water partition coefficient (Wildman–Crippen LogP) is 5.22. The molecule has 1 aliphatic rings. The van der Waals surface area contributed by atoms with Gasteiger partial charge in [-0.25, -0.2) is 4.79 Å². The summed E-state index contributed by atoms with van der Waals surface area (Å²) in [5.74, 6) is -3.50. The quantitative estimate of drug-likeness (QED) is 0.198. The van der Waals surface area contributed by atoms with Crippen LogP contribution in [0.25, 0.3) is 0 Å². The van der Waals surface area contributed by atoms with Crippen molar-refractivity contribution in [1.29, 1.82) is 0 Å². The highest BCUT2D eigenvalue weighted by atomic mass is 16.7. The zero-order valence-electron chi connectivity index (χ0n) is 24.7. The fraction of sp³-hybridized carbons (Fsp3) is 0.306. The van der Waals surface area contributed by atoms with Gasteiger partial charge in [-0.2, -0.15) is 0 Å². The first-order valence-corrected chi connectivity index (χ1v) is 14.6. The van der Waals surface area contributed by atoms with E-state index in [1.54, 1.807) is 0 Å². The van der Waals surface area contributed by atoms with Crippen LogP contribution in [0, 0.1) is 0 Å². The number of carbonyl (C=O) groups excluding carboxylic acids is 1. The Hall–Kier alpha value is -3.89. The number of hydrogen-bond acceptors (Lipinski definition) is 8. The summed E-state index contributed by atoms with van der Waals surface area (Å²) in [5, 5.41) is 11.9. The molecule has 1 aliphatic heterocycles. The molecule has 5 atom stereocenters. The fourth-order valence-corrected chi connectivity index (χ4v) is 5.16. The third kappa shape index (κ3) is 8.18. The third-order valence-electron chi connectivity index (χ3n) is 7.42. The number of methoxy groups -OCH3 is 1. The minimum atomic E-state index is -2.50. The molecule has 1 fully saturated rings. The molecular formula is C36H38O8. The zero-order valence-corrected chi connectivity index (χ0v) is 24.7. The molecule has 0 bridgehead atoms. The maximum atomic E-state index is 13.2. The molecule has 0 aromatic heterocycles. The molecule has 5 rings (SSSR count). The number of rotatable bonds is 14. The molecule has 4 aromatic rings. The van der Waals surface area contributed by atoms with Crippen LogP contribution in [0.15, 0.2) is 121 Å². The van der Waals surface area contributed by atoms with E-state index in [2.05, 4.69) is 0 Å². The minimum Gasteiger partial charge on any atom is -0.465 e. The summed E-state index contributed by atoms with van der Waals surface area (Å²) in [6.45, 7) is 0.796. The van der Waals surface area contributed by atoms with Crippen molar-refractivity contribution in [2.75, 3.05) is 13.7 Å². The largest absolute Gasteiger partial charge is 0.465 e. The summed E-state index contributed by atoms with van der Waals surface area (Å²) in [6, 6.07) is 38.5. The molecule has 230 valence electrons.